The van der Waals surface area contributed by atoms with E-state index in [0.717, 1.165) is 63.8 Å². The molecule has 11 nitrogen and oxygen atoms in total. The fourth-order valence-electron chi connectivity index (χ4n) is 5.40. The first-order valence-electron chi connectivity index (χ1n) is 15.5. The van der Waals surface area contributed by atoms with Crippen LogP contribution in [0.1, 0.15) is 53.0 Å². The molecule has 0 aromatic heterocycles. The minimum atomic E-state index is -2.09. The van der Waals surface area contributed by atoms with Gasteiger partial charge in [0.25, 0.3) is 5.91 Å². The minimum absolute atomic E-state index is 0.240. The smallest absolute Gasteiger partial charge is 0.278 e. The number of likely N-dealkylation sites (N-methyl/N-ethyl adjacent to an activating group) is 1. The molecule has 48 heavy (non-hydrogen) atoms. The fraction of sp³-hybridized carbons (Fsp3) is 0.441. The van der Waals surface area contributed by atoms with Crippen molar-refractivity contribution >= 4 is 58.8 Å². The Kier molecular flexibility index (Phi) is 14.9. The number of anilines is 1. The zero-order chi connectivity index (χ0) is 35.5. The number of carbonyl (C=O) groups is 2. The second-order valence-corrected chi connectivity index (χ2v) is 14.6. The molecule has 0 fully saturated rings. The van der Waals surface area contributed by atoms with Crippen LogP contribution in [0.3, 0.4) is 0 Å². The molecule has 1 amide bonds. The lowest BCUT2D eigenvalue weighted by atomic mass is 9.79. The lowest BCUT2D eigenvalue weighted by Crippen LogP contribution is -2.33. The summed E-state index contributed by atoms with van der Waals surface area (Å²) in [6.45, 7) is 11.1. The normalized spacial score (nSPS) is 22.0. The Balaban J connectivity index is 1.96. The Hall–Kier alpha value is -2.98. The van der Waals surface area contributed by atoms with Crippen molar-refractivity contribution in [2.24, 2.45) is 10.5 Å². The number of nitrogens with zero attached hydrogens (tertiary/aromatic N) is 4. The van der Waals surface area contributed by atoms with Crippen LogP contribution >= 0.6 is 24.1 Å². The molecule has 2 heterocycles. The lowest BCUT2D eigenvalue weighted by molar-refractivity contribution is -0.173. The van der Waals surface area contributed by atoms with Crippen LogP contribution in [0.5, 0.6) is 0 Å². The first kappa shape index (κ1) is 39.5. The number of hydrogen-bond acceptors (Lipinski definition) is 11. The number of aldehydes is 1. The van der Waals surface area contributed by atoms with Crippen molar-refractivity contribution in [1.29, 1.82) is 0 Å². The molecule has 3 N–H and O–H groups in total. The van der Waals surface area contributed by atoms with E-state index in [0.29, 0.717) is 47.8 Å². The molecular weight excluding hydrogens is 673 g/mol. The van der Waals surface area contributed by atoms with E-state index in [9.17, 15) is 27.5 Å². The van der Waals surface area contributed by atoms with Gasteiger partial charge in [-0.1, -0.05) is 51.5 Å². The summed E-state index contributed by atoms with van der Waals surface area (Å²) in [6.07, 6.45) is 15.2. The van der Waals surface area contributed by atoms with E-state index in [-0.39, 0.29) is 6.61 Å². The summed E-state index contributed by atoms with van der Waals surface area (Å²) in [4.78, 5) is 31.7. The summed E-state index contributed by atoms with van der Waals surface area (Å²) in [5.41, 5.74) is 4.00. The highest BCUT2D eigenvalue weighted by Gasteiger charge is 2.40. The largest absolute Gasteiger partial charge is 0.344 e. The summed E-state index contributed by atoms with van der Waals surface area (Å²) < 4.78 is 40.1. The SMILES string of the molecule is C/C1=C\C(C(=O)N(C)OCC=O)=C/N(CCCSO)/N=C(/C=C/C=C/C=C2/N(CCCSO)c3ccc(S(=O)O)cc3C2(C)C)C1(C)C. The number of hydrogen-bond donors (Lipinski definition) is 3. The molecule has 0 aliphatic carbocycles. The van der Waals surface area contributed by atoms with Gasteiger partial charge in [-0.2, -0.15) is 5.10 Å². The summed E-state index contributed by atoms with van der Waals surface area (Å²) in [6, 6.07) is 5.35. The van der Waals surface area contributed by atoms with E-state index >= 15 is 0 Å². The van der Waals surface area contributed by atoms with E-state index in [4.69, 9.17) is 9.94 Å². The van der Waals surface area contributed by atoms with Gasteiger partial charge in [-0.3, -0.25) is 14.6 Å². The Bertz CT molecular complexity index is 1530. The zero-order valence-electron chi connectivity index (χ0n) is 28.3. The first-order chi connectivity index (χ1) is 22.8. The highest BCUT2D eigenvalue weighted by molar-refractivity contribution is 7.93. The van der Waals surface area contributed by atoms with Gasteiger partial charge >= 0.3 is 0 Å². The van der Waals surface area contributed by atoms with E-state index in [1.165, 1.54) is 7.05 Å². The van der Waals surface area contributed by atoms with Crippen molar-refractivity contribution in [3.63, 3.8) is 0 Å². The average molecular weight is 719 g/mol. The number of carbonyl (C=O) groups excluding carboxylic acids is 2. The van der Waals surface area contributed by atoms with Gasteiger partial charge in [0.1, 0.15) is 12.9 Å². The third kappa shape index (κ3) is 9.80. The van der Waals surface area contributed by atoms with Crippen LogP contribution in [0, 0.1) is 5.41 Å². The predicted molar refractivity (Wildman–Crippen MR) is 196 cm³/mol. The van der Waals surface area contributed by atoms with Gasteiger partial charge in [0, 0.05) is 60.1 Å². The van der Waals surface area contributed by atoms with Gasteiger partial charge in [0.15, 0.2) is 11.1 Å². The predicted octanol–water partition coefficient (Wildman–Crippen LogP) is 6.67. The molecule has 0 spiro atoms. The minimum Gasteiger partial charge on any atom is -0.344 e. The summed E-state index contributed by atoms with van der Waals surface area (Å²) in [7, 11) is 1.46. The highest BCUT2D eigenvalue weighted by atomic mass is 32.2. The van der Waals surface area contributed by atoms with Gasteiger partial charge in [0.2, 0.25) is 0 Å². The molecular formula is C34H46N4O7S3. The van der Waals surface area contributed by atoms with Gasteiger partial charge in [-0.25, -0.2) is 9.27 Å². The van der Waals surface area contributed by atoms with Crippen molar-refractivity contribution in [1.82, 2.24) is 10.1 Å². The maximum absolute atomic E-state index is 13.2. The molecule has 2 aliphatic rings. The molecule has 2 aliphatic heterocycles. The first-order valence-corrected chi connectivity index (χ1v) is 18.5. The van der Waals surface area contributed by atoms with Crippen molar-refractivity contribution in [3.05, 3.63) is 83.3 Å². The van der Waals surface area contributed by atoms with Crippen LogP contribution in [0.25, 0.3) is 0 Å². The molecule has 0 saturated carbocycles. The standard InChI is InChI=1S/C34H46N4O7S3/c1-25-22-26(32(40)36(6)45-19-18-39)24-37(16-10-20-46-41)35-30(33(25,2)3)12-8-7-9-13-31-34(4,5)28-23-27(48(43)44)14-15-29(28)38(31)17-11-21-47-42/h7-9,12-15,18,22-24,41-42H,10-11,16-17,19-21H2,1-6H3,(H,43,44)/b9-7+,12-8+,25-22+,26-24+,31-13+,35-30-. The van der Waals surface area contributed by atoms with Gasteiger partial charge in [-0.05, 0) is 85.8 Å². The quantitative estimate of drug-likeness (QED) is 0.0421. The van der Waals surface area contributed by atoms with Crippen LogP contribution in [0.2, 0.25) is 0 Å². The van der Waals surface area contributed by atoms with Crippen molar-refractivity contribution in [3.8, 4) is 0 Å². The second-order valence-electron chi connectivity index (χ2n) is 12.3. The van der Waals surface area contributed by atoms with Crippen LogP contribution in [0.15, 0.2) is 87.7 Å². The van der Waals surface area contributed by atoms with E-state index in [2.05, 4.69) is 18.7 Å². The number of fused-ring (bicyclic) bond motifs is 1. The van der Waals surface area contributed by atoms with Crippen molar-refractivity contribution < 1.29 is 32.3 Å². The molecule has 1 unspecified atom stereocenters. The number of rotatable bonds is 16. The third-order valence-electron chi connectivity index (χ3n) is 8.43. The Morgan fingerprint density at radius 3 is 2.40 bits per heavy atom. The molecule has 262 valence electrons. The molecule has 0 bridgehead atoms. The Morgan fingerprint density at radius 2 is 1.75 bits per heavy atom. The monoisotopic (exact) mass is 718 g/mol. The Labute approximate surface area is 294 Å². The lowest BCUT2D eigenvalue weighted by Gasteiger charge is -2.31. The third-order valence-corrected chi connectivity index (χ3v) is 10.0. The number of benzene rings is 1. The maximum atomic E-state index is 13.2. The van der Waals surface area contributed by atoms with Crippen molar-refractivity contribution in [2.45, 2.75) is 57.8 Å². The average Bonchev–Trinajstić information content (AvgIpc) is 3.26. The molecule has 14 heteroatoms. The summed E-state index contributed by atoms with van der Waals surface area (Å²) in [5.74, 6) is 0.677. The second kappa shape index (κ2) is 18.1. The summed E-state index contributed by atoms with van der Waals surface area (Å²) in [5, 5.41) is 7.66. The molecule has 1 aromatic rings. The molecule has 3 rings (SSSR count). The van der Waals surface area contributed by atoms with E-state index < -0.39 is 27.8 Å². The topological polar surface area (TPSA) is 143 Å². The molecule has 1 atom stereocenters. The van der Waals surface area contributed by atoms with Gasteiger partial charge < -0.3 is 23.4 Å². The number of hydrazone groups is 1. The van der Waals surface area contributed by atoms with Gasteiger partial charge in [0.05, 0.1) is 16.2 Å². The molecule has 0 radical (unpaired) electrons. The van der Waals surface area contributed by atoms with Crippen LogP contribution < -0.4 is 4.90 Å². The van der Waals surface area contributed by atoms with E-state index in [1.54, 1.807) is 29.4 Å². The maximum Gasteiger partial charge on any atom is 0.278 e. The van der Waals surface area contributed by atoms with Crippen LogP contribution in [-0.2, 0) is 30.9 Å². The number of allylic oxidation sites excluding steroid dienone is 7. The summed E-state index contributed by atoms with van der Waals surface area (Å²) >= 11 is -0.525. The van der Waals surface area contributed by atoms with Crippen molar-refractivity contribution in [2.75, 3.05) is 43.1 Å². The fourth-order valence-corrected chi connectivity index (χ4v) is 6.32. The molecule has 1 aromatic carbocycles. The number of amides is 1. The van der Waals surface area contributed by atoms with Crippen LogP contribution in [-0.4, -0.2) is 84.1 Å². The van der Waals surface area contributed by atoms with Crippen LogP contribution in [0.4, 0.5) is 5.69 Å². The van der Waals surface area contributed by atoms with E-state index in [1.807, 2.05) is 57.2 Å². The van der Waals surface area contributed by atoms with Gasteiger partial charge in [-0.15, -0.1) is 0 Å². The Morgan fingerprint density at radius 1 is 1.06 bits per heavy atom. The zero-order valence-corrected chi connectivity index (χ0v) is 30.7. The molecule has 0 saturated heterocycles. The number of hydroxylamine groups is 2. The highest BCUT2D eigenvalue weighted by Crippen LogP contribution is 2.48.